The van der Waals surface area contributed by atoms with Crippen LogP contribution in [-0.2, 0) is 0 Å². The highest BCUT2D eigenvalue weighted by molar-refractivity contribution is 7.99. The van der Waals surface area contributed by atoms with Crippen LogP contribution in [0.25, 0.3) is 5.69 Å². The van der Waals surface area contributed by atoms with Crippen LogP contribution in [0.1, 0.15) is 13.3 Å². The fourth-order valence-corrected chi connectivity index (χ4v) is 2.50. The summed E-state index contributed by atoms with van der Waals surface area (Å²) in [5.41, 5.74) is 0.959. The number of aliphatic hydroxyl groups is 1. The molecular formula is C12H16N4OS. The van der Waals surface area contributed by atoms with E-state index in [4.69, 9.17) is 5.11 Å². The fourth-order valence-electron chi connectivity index (χ4n) is 1.44. The number of aromatic nitrogens is 4. The van der Waals surface area contributed by atoms with Gasteiger partial charge in [0.25, 0.3) is 0 Å². The van der Waals surface area contributed by atoms with Gasteiger partial charge in [-0.2, -0.15) is 4.68 Å². The predicted molar refractivity (Wildman–Crippen MR) is 70.7 cm³/mol. The Morgan fingerprint density at radius 2 is 2.11 bits per heavy atom. The van der Waals surface area contributed by atoms with E-state index in [1.165, 1.54) is 0 Å². The van der Waals surface area contributed by atoms with E-state index in [0.717, 1.165) is 23.0 Å². The number of thioether (sulfide) groups is 1. The number of hydrogen-bond donors (Lipinski definition) is 1. The van der Waals surface area contributed by atoms with Gasteiger partial charge in [0.1, 0.15) is 0 Å². The Hall–Kier alpha value is -1.40. The van der Waals surface area contributed by atoms with Crippen LogP contribution in [0, 0.1) is 5.92 Å². The summed E-state index contributed by atoms with van der Waals surface area (Å²) < 4.78 is 1.73. The van der Waals surface area contributed by atoms with Crippen LogP contribution in [0.5, 0.6) is 0 Å². The lowest BCUT2D eigenvalue weighted by molar-refractivity contribution is 0.235. The zero-order valence-corrected chi connectivity index (χ0v) is 11.0. The standard InChI is InChI=1S/C12H16N4OS/c1-10(9-17)7-8-18-12-13-14-15-16(12)11-5-3-2-4-6-11/h2-6,10,17H,7-9H2,1H3/t10-/m0/s1. The Morgan fingerprint density at radius 1 is 1.33 bits per heavy atom. The second kappa shape index (κ2) is 6.51. The fraction of sp³-hybridized carbons (Fsp3) is 0.417. The van der Waals surface area contributed by atoms with Crippen LogP contribution in [-0.4, -0.2) is 37.7 Å². The second-order valence-electron chi connectivity index (χ2n) is 4.13. The smallest absolute Gasteiger partial charge is 0.214 e. The lowest BCUT2D eigenvalue weighted by Crippen LogP contribution is -2.03. The molecule has 0 fully saturated rings. The van der Waals surface area contributed by atoms with Gasteiger partial charge < -0.3 is 5.11 Å². The largest absolute Gasteiger partial charge is 0.396 e. The summed E-state index contributed by atoms with van der Waals surface area (Å²) in [6.07, 6.45) is 0.947. The third-order valence-corrected chi connectivity index (χ3v) is 3.55. The first-order chi connectivity index (χ1) is 8.81. The summed E-state index contributed by atoms with van der Waals surface area (Å²) in [5.74, 6) is 1.22. The SMILES string of the molecule is C[C@H](CO)CCSc1nnnn1-c1ccccc1. The molecule has 0 aliphatic rings. The predicted octanol–water partition coefficient (Wildman–Crippen LogP) is 1.77. The van der Waals surface area contributed by atoms with E-state index >= 15 is 0 Å². The molecule has 1 aromatic carbocycles. The van der Waals surface area contributed by atoms with E-state index in [2.05, 4.69) is 15.5 Å². The molecule has 6 heteroatoms. The number of aliphatic hydroxyl groups excluding tert-OH is 1. The van der Waals surface area contributed by atoms with Crippen LogP contribution in [0.4, 0.5) is 0 Å². The Morgan fingerprint density at radius 3 is 2.83 bits per heavy atom. The lowest BCUT2D eigenvalue weighted by atomic mass is 10.1. The first-order valence-corrected chi connectivity index (χ1v) is 6.87. The number of benzene rings is 1. The average molecular weight is 264 g/mol. The molecule has 0 aliphatic carbocycles. The molecule has 0 radical (unpaired) electrons. The van der Waals surface area contributed by atoms with Gasteiger partial charge in [-0.1, -0.05) is 36.9 Å². The van der Waals surface area contributed by atoms with E-state index in [0.29, 0.717) is 5.92 Å². The van der Waals surface area contributed by atoms with Crippen molar-refractivity contribution in [2.45, 2.75) is 18.5 Å². The summed E-state index contributed by atoms with van der Waals surface area (Å²) in [6.45, 7) is 2.25. The van der Waals surface area contributed by atoms with Gasteiger partial charge in [0.2, 0.25) is 5.16 Å². The molecular weight excluding hydrogens is 248 g/mol. The summed E-state index contributed by atoms with van der Waals surface area (Å²) in [6, 6.07) is 9.82. The third kappa shape index (κ3) is 3.30. The maximum Gasteiger partial charge on any atom is 0.214 e. The summed E-state index contributed by atoms with van der Waals surface area (Å²) in [7, 11) is 0. The van der Waals surface area contributed by atoms with Crippen molar-refractivity contribution >= 4 is 11.8 Å². The maximum atomic E-state index is 8.97. The molecule has 5 nitrogen and oxygen atoms in total. The first kappa shape index (κ1) is 13.0. The molecule has 0 bridgehead atoms. The molecule has 2 aromatic rings. The molecule has 1 N–H and O–H groups in total. The Kier molecular flexibility index (Phi) is 4.72. The molecule has 96 valence electrons. The van der Waals surface area contributed by atoms with Crippen molar-refractivity contribution in [3.63, 3.8) is 0 Å². The molecule has 0 saturated heterocycles. The van der Waals surface area contributed by atoms with Crippen LogP contribution in [0.3, 0.4) is 0 Å². The maximum absolute atomic E-state index is 8.97. The first-order valence-electron chi connectivity index (χ1n) is 5.88. The van der Waals surface area contributed by atoms with Crippen molar-refractivity contribution in [2.75, 3.05) is 12.4 Å². The van der Waals surface area contributed by atoms with Gasteiger partial charge in [0.15, 0.2) is 0 Å². The van der Waals surface area contributed by atoms with E-state index in [1.807, 2.05) is 37.3 Å². The zero-order valence-electron chi connectivity index (χ0n) is 10.2. The normalized spacial score (nSPS) is 12.6. The number of hydrogen-bond acceptors (Lipinski definition) is 5. The van der Waals surface area contributed by atoms with Crippen LogP contribution >= 0.6 is 11.8 Å². The van der Waals surface area contributed by atoms with Gasteiger partial charge in [-0.3, -0.25) is 0 Å². The quantitative estimate of drug-likeness (QED) is 0.806. The van der Waals surface area contributed by atoms with E-state index < -0.39 is 0 Å². The molecule has 0 spiro atoms. The van der Waals surface area contributed by atoms with E-state index in [1.54, 1.807) is 16.4 Å². The molecule has 0 unspecified atom stereocenters. The minimum absolute atomic E-state index is 0.226. The zero-order chi connectivity index (χ0) is 12.8. The van der Waals surface area contributed by atoms with Crippen molar-refractivity contribution in [1.82, 2.24) is 20.2 Å². The van der Waals surface area contributed by atoms with Crippen molar-refractivity contribution in [3.05, 3.63) is 30.3 Å². The van der Waals surface area contributed by atoms with Gasteiger partial charge in [-0.25, -0.2) is 0 Å². The Balaban J connectivity index is 2.00. The van der Waals surface area contributed by atoms with Gasteiger partial charge in [0, 0.05) is 12.4 Å². The third-order valence-electron chi connectivity index (χ3n) is 2.60. The minimum atomic E-state index is 0.226. The number of nitrogens with zero attached hydrogens (tertiary/aromatic N) is 4. The van der Waals surface area contributed by atoms with Crippen molar-refractivity contribution < 1.29 is 5.11 Å². The molecule has 18 heavy (non-hydrogen) atoms. The summed E-state index contributed by atoms with van der Waals surface area (Å²) in [5, 5.41) is 21.5. The van der Waals surface area contributed by atoms with E-state index in [-0.39, 0.29) is 6.61 Å². The molecule has 1 heterocycles. The highest BCUT2D eigenvalue weighted by atomic mass is 32.2. The van der Waals surface area contributed by atoms with Crippen molar-refractivity contribution in [1.29, 1.82) is 0 Å². The highest BCUT2D eigenvalue weighted by Gasteiger charge is 2.09. The molecule has 0 saturated carbocycles. The van der Waals surface area contributed by atoms with Gasteiger partial charge >= 0.3 is 0 Å². The molecule has 1 atom stereocenters. The minimum Gasteiger partial charge on any atom is -0.396 e. The molecule has 2 rings (SSSR count). The molecule has 1 aromatic heterocycles. The lowest BCUT2D eigenvalue weighted by Gasteiger charge is -2.07. The molecule has 0 aliphatic heterocycles. The van der Waals surface area contributed by atoms with Gasteiger partial charge in [-0.15, -0.1) is 5.10 Å². The van der Waals surface area contributed by atoms with Crippen molar-refractivity contribution in [3.8, 4) is 5.69 Å². The van der Waals surface area contributed by atoms with Crippen molar-refractivity contribution in [2.24, 2.45) is 5.92 Å². The number of tetrazole rings is 1. The summed E-state index contributed by atoms with van der Waals surface area (Å²) >= 11 is 1.61. The van der Waals surface area contributed by atoms with Crippen LogP contribution in [0.15, 0.2) is 35.5 Å². The topological polar surface area (TPSA) is 63.8 Å². The number of rotatable bonds is 6. The van der Waals surface area contributed by atoms with Gasteiger partial charge in [-0.05, 0) is 34.9 Å². The van der Waals surface area contributed by atoms with Crippen LogP contribution < -0.4 is 0 Å². The Labute approximate surface area is 110 Å². The Bertz CT molecular complexity index is 474. The second-order valence-corrected chi connectivity index (χ2v) is 5.20. The van der Waals surface area contributed by atoms with Crippen LogP contribution in [0.2, 0.25) is 0 Å². The van der Waals surface area contributed by atoms with E-state index in [9.17, 15) is 0 Å². The van der Waals surface area contributed by atoms with Gasteiger partial charge in [0.05, 0.1) is 5.69 Å². The highest BCUT2D eigenvalue weighted by Crippen LogP contribution is 2.20. The number of para-hydroxylation sites is 1. The summed E-state index contributed by atoms with van der Waals surface area (Å²) in [4.78, 5) is 0. The average Bonchev–Trinajstić information content (AvgIpc) is 2.88. The monoisotopic (exact) mass is 264 g/mol. The molecule has 0 amide bonds.